The normalized spacial score (nSPS) is 10.5. The van der Waals surface area contributed by atoms with Crippen molar-refractivity contribution in [2.24, 2.45) is 0 Å². The van der Waals surface area contributed by atoms with Crippen LogP contribution >= 0.6 is 0 Å². The first-order chi connectivity index (χ1) is 19.2. The molecule has 6 aromatic rings. The lowest BCUT2D eigenvalue weighted by molar-refractivity contribution is 1.28. The third-order valence-electron chi connectivity index (χ3n) is 6.59. The van der Waals surface area contributed by atoms with E-state index in [1.165, 1.54) is 0 Å². The zero-order chi connectivity index (χ0) is 26.6. The minimum atomic E-state index is 0.299. The van der Waals surface area contributed by atoms with Gasteiger partial charge in [-0.05, 0) is 59.7 Å². The standard InChI is InChI=1S/C34H21N5/c35-21-27-19-32-33(20-28(27)22-36)38-34(23-37-32)26-13-11-24(12-14-26)25-15-17-31(18-16-25)39(29-7-3-1-4-8-29)30-9-5-2-6-10-30/h1-20,23H. The third-order valence-corrected chi connectivity index (χ3v) is 6.59. The van der Waals surface area contributed by atoms with Crippen LogP contribution in [0.3, 0.4) is 0 Å². The van der Waals surface area contributed by atoms with Gasteiger partial charge in [-0.2, -0.15) is 10.5 Å². The van der Waals surface area contributed by atoms with Gasteiger partial charge in [0, 0.05) is 22.6 Å². The Bertz CT molecular complexity index is 1810. The Balaban J connectivity index is 1.29. The summed E-state index contributed by atoms with van der Waals surface area (Å²) in [5, 5.41) is 18.6. The number of hydrogen-bond acceptors (Lipinski definition) is 5. The number of nitriles is 2. The average molecular weight is 500 g/mol. The van der Waals surface area contributed by atoms with E-state index in [2.05, 4.69) is 76.6 Å². The molecule has 5 heteroatoms. The lowest BCUT2D eigenvalue weighted by Gasteiger charge is -2.25. The van der Waals surface area contributed by atoms with Crippen molar-refractivity contribution in [3.05, 3.63) is 139 Å². The molecule has 0 aliphatic heterocycles. The average Bonchev–Trinajstić information content (AvgIpc) is 3.02. The Morgan fingerprint density at radius 3 is 1.51 bits per heavy atom. The number of anilines is 3. The maximum Gasteiger partial charge on any atom is 0.101 e. The van der Waals surface area contributed by atoms with Crippen molar-refractivity contribution < 1.29 is 0 Å². The summed E-state index contributed by atoms with van der Waals surface area (Å²) in [5.74, 6) is 0. The van der Waals surface area contributed by atoms with Gasteiger partial charge in [0.25, 0.3) is 0 Å². The maximum atomic E-state index is 9.35. The van der Waals surface area contributed by atoms with Gasteiger partial charge in [-0.3, -0.25) is 4.98 Å². The fourth-order valence-corrected chi connectivity index (χ4v) is 4.62. The van der Waals surface area contributed by atoms with Crippen LogP contribution in [0.1, 0.15) is 11.1 Å². The van der Waals surface area contributed by atoms with Crippen molar-refractivity contribution in [1.29, 1.82) is 10.5 Å². The number of para-hydroxylation sites is 2. The quantitative estimate of drug-likeness (QED) is 0.239. The van der Waals surface area contributed by atoms with Crippen LogP contribution < -0.4 is 4.90 Å². The Kier molecular flexibility index (Phi) is 6.23. The second-order valence-corrected chi connectivity index (χ2v) is 9.00. The van der Waals surface area contributed by atoms with Crippen molar-refractivity contribution >= 4 is 28.1 Å². The lowest BCUT2D eigenvalue weighted by Crippen LogP contribution is -2.09. The van der Waals surface area contributed by atoms with E-state index in [4.69, 9.17) is 4.98 Å². The number of aromatic nitrogens is 2. The second-order valence-electron chi connectivity index (χ2n) is 9.00. The predicted octanol–water partition coefficient (Wildman–Crippen LogP) is 8.18. The van der Waals surface area contributed by atoms with Gasteiger partial charge in [-0.15, -0.1) is 0 Å². The van der Waals surface area contributed by atoms with Gasteiger partial charge in [0.1, 0.15) is 12.1 Å². The molecule has 0 saturated heterocycles. The molecule has 5 aromatic carbocycles. The molecule has 0 atom stereocenters. The molecule has 0 radical (unpaired) electrons. The summed E-state index contributed by atoms with van der Waals surface area (Å²) in [6.07, 6.45) is 1.70. The molecule has 182 valence electrons. The van der Waals surface area contributed by atoms with Gasteiger partial charge in [0.05, 0.1) is 34.1 Å². The second kappa shape index (κ2) is 10.3. The zero-order valence-electron chi connectivity index (χ0n) is 20.9. The Morgan fingerprint density at radius 1 is 0.513 bits per heavy atom. The van der Waals surface area contributed by atoms with E-state index in [-0.39, 0.29) is 0 Å². The lowest BCUT2D eigenvalue weighted by atomic mass is 10.0. The van der Waals surface area contributed by atoms with Gasteiger partial charge >= 0.3 is 0 Å². The molecular formula is C34H21N5. The highest BCUT2D eigenvalue weighted by Gasteiger charge is 2.12. The van der Waals surface area contributed by atoms with Crippen LogP contribution in [0.4, 0.5) is 17.1 Å². The molecule has 0 bridgehead atoms. The molecule has 1 aromatic heterocycles. The Labute approximate surface area is 226 Å². The highest BCUT2D eigenvalue weighted by atomic mass is 15.1. The molecule has 0 fully saturated rings. The highest BCUT2D eigenvalue weighted by Crippen LogP contribution is 2.35. The van der Waals surface area contributed by atoms with E-state index in [9.17, 15) is 10.5 Å². The maximum absolute atomic E-state index is 9.35. The highest BCUT2D eigenvalue weighted by molar-refractivity contribution is 5.82. The minimum Gasteiger partial charge on any atom is -0.311 e. The van der Waals surface area contributed by atoms with Crippen LogP contribution in [0.5, 0.6) is 0 Å². The molecule has 0 spiro atoms. The number of rotatable bonds is 5. The summed E-state index contributed by atoms with van der Waals surface area (Å²) >= 11 is 0. The van der Waals surface area contributed by atoms with Crippen molar-refractivity contribution in [3.63, 3.8) is 0 Å². The summed E-state index contributed by atoms with van der Waals surface area (Å²) in [5.41, 5.74) is 8.89. The first-order valence-electron chi connectivity index (χ1n) is 12.5. The number of hydrogen-bond donors (Lipinski definition) is 0. The first-order valence-corrected chi connectivity index (χ1v) is 12.5. The number of nitrogens with zero attached hydrogens (tertiary/aromatic N) is 5. The molecular weight excluding hydrogens is 478 g/mol. The number of benzene rings is 5. The van der Waals surface area contributed by atoms with Crippen LogP contribution in [-0.2, 0) is 0 Å². The first kappa shape index (κ1) is 23.6. The van der Waals surface area contributed by atoms with E-state index in [0.717, 1.165) is 33.8 Å². The third kappa shape index (κ3) is 4.69. The van der Waals surface area contributed by atoms with Crippen LogP contribution in [0.25, 0.3) is 33.4 Å². The summed E-state index contributed by atoms with van der Waals surface area (Å²) in [6, 6.07) is 44.7. The van der Waals surface area contributed by atoms with Crippen molar-refractivity contribution in [1.82, 2.24) is 9.97 Å². The van der Waals surface area contributed by atoms with E-state index in [1.54, 1.807) is 18.3 Å². The molecule has 39 heavy (non-hydrogen) atoms. The summed E-state index contributed by atoms with van der Waals surface area (Å²) in [4.78, 5) is 11.4. The largest absolute Gasteiger partial charge is 0.311 e. The molecule has 0 aliphatic carbocycles. The van der Waals surface area contributed by atoms with Crippen LogP contribution in [0.2, 0.25) is 0 Å². The van der Waals surface area contributed by atoms with Crippen LogP contribution in [0, 0.1) is 22.7 Å². The molecule has 0 amide bonds. The van der Waals surface area contributed by atoms with Gasteiger partial charge < -0.3 is 4.90 Å². The van der Waals surface area contributed by atoms with Gasteiger partial charge in [0.15, 0.2) is 0 Å². The van der Waals surface area contributed by atoms with E-state index in [0.29, 0.717) is 27.9 Å². The summed E-state index contributed by atoms with van der Waals surface area (Å²) < 4.78 is 0. The Morgan fingerprint density at radius 2 is 0.974 bits per heavy atom. The summed E-state index contributed by atoms with van der Waals surface area (Å²) in [6.45, 7) is 0. The van der Waals surface area contributed by atoms with Crippen LogP contribution in [-0.4, -0.2) is 9.97 Å². The molecule has 1 heterocycles. The Hall–Kier alpha value is -5.78. The zero-order valence-corrected chi connectivity index (χ0v) is 20.9. The summed E-state index contributed by atoms with van der Waals surface area (Å²) in [7, 11) is 0. The van der Waals surface area contributed by atoms with Crippen LogP contribution in [0.15, 0.2) is 128 Å². The molecule has 0 unspecified atom stereocenters. The number of fused-ring (bicyclic) bond motifs is 1. The SMILES string of the molecule is N#Cc1cc2ncc(-c3ccc(-c4ccc(N(c5ccccc5)c5ccccc5)cc4)cc3)nc2cc1C#N. The molecule has 0 saturated carbocycles. The molecule has 0 aliphatic rings. The smallest absolute Gasteiger partial charge is 0.101 e. The van der Waals surface area contributed by atoms with E-state index in [1.807, 2.05) is 54.6 Å². The topological polar surface area (TPSA) is 76.6 Å². The fraction of sp³-hybridized carbons (Fsp3) is 0. The fourth-order valence-electron chi connectivity index (χ4n) is 4.62. The van der Waals surface area contributed by atoms with Crippen molar-refractivity contribution in [3.8, 4) is 34.5 Å². The van der Waals surface area contributed by atoms with Crippen molar-refractivity contribution in [2.45, 2.75) is 0 Å². The van der Waals surface area contributed by atoms with E-state index < -0.39 is 0 Å². The van der Waals surface area contributed by atoms with Gasteiger partial charge in [-0.25, -0.2) is 4.98 Å². The van der Waals surface area contributed by atoms with Crippen molar-refractivity contribution in [2.75, 3.05) is 4.90 Å². The molecule has 6 rings (SSSR count). The molecule has 0 N–H and O–H groups in total. The minimum absolute atomic E-state index is 0.299. The molecule has 5 nitrogen and oxygen atoms in total. The van der Waals surface area contributed by atoms with Gasteiger partial charge in [0.2, 0.25) is 0 Å². The monoisotopic (exact) mass is 499 g/mol. The van der Waals surface area contributed by atoms with E-state index >= 15 is 0 Å². The van der Waals surface area contributed by atoms with Gasteiger partial charge in [-0.1, -0.05) is 72.8 Å². The predicted molar refractivity (Wildman–Crippen MR) is 155 cm³/mol.